The van der Waals surface area contributed by atoms with Gasteiger partial charge in [-0.25, -0.2) is 9.18 Å². The van der Waals surface area contributed by atoms with Crippen LogP contribution in [0.2, 0.25) is 0 Å². The molecule has 170 valence electrons. The van der Waals surface area contributed by atoms with E-state index in [0.717, 1.165) is 11.1 Å². The van der Waals surface area contributed by atoms with Gasteiger partial charge in [0.2, 0.25) is 0 Å². The molecule has 3 unspecified atom stereocenters. The molecule has 0 aliphatic carbocycles. The number of nitrogens with zero attached hydrogens (tertiary/aromatic N) is 1. The lowest BCUT2D eigenvalue weighted by Crippen LogP contribution is -2.65. The van der Waals surface area contributed by atoms with Crippen LogP contribution in [0, 0.1) is 5.82 Å². The number of carbonyl (C=O) groups is 2. The lowest BCUT2D eigenvalue weighted by molar-refractivity contribution is -0.125. The van der Waals surface area contributed by atoms with Crippen LogP contribution in [0.5, 0.6) is 0 Å². The molecule has 2 aromatic carbocycles. The third-order valence-corrected chi connectivity index (χ3v) is 7.49. The zero-order chi connectivity index (χ0) is 22.7. The van der Waals surface area contributed by atoms with E-state index in [1.165, 1.54) is 12.1 Å². The third kappa shape index (κ3) is 4.60. The molecule has 3 amide bonds. The van der Waals surface area contributed by atoms with E-state index in [-0.39, 0.29) is 18.2 Å². The van der Waals surface area contributed by atoms with Crippen molar-refractivity contribution >= 4 is 23.0 Å². The van der Waals surface area contributed by atoms with Crippen molar-refractivity contribution in [1.29, 1.82) is 0 Å². The summed E-state index contributed by atoms with van der Waals surface area (Å²) in [5, 5.41) is 3.68. The quantitative estimate of drug-likeness (QED) is 0.490. The zero-order valence-corrected chi connectivity index (χ0v) is 18.3. The minimum Gasteiger partial charge on any atom is -0.771 e. The Morgan fingerprint density at radius 3 is 2.31 bits per heavy atom. The maximum atomic E-state index is 13.2. The largest absolute Gasteiger partial charge is 0.771 e. The Morgan fingerprint density at radius 1 is 1.09 bits per heavy atom. The number of halogens is 1. The van der Waals surface area contributed by atoms with Crippen LogP contribution in [0.3, 0.4) is 0 Å². The molecule has 0 radical (unpaired) electrons. The molecule has 2 saturated heterocycles. The normalized spacial score (nSPS) is 24.1. The molecule has 2 N–H and O–H groups in total. The first-order valence-electron chi connectivity index (χ1n) is 10.6. The number of amides is 3. The first kappa shape index (κ1) is 22.6. The summed E-state index contributed by atoms with van der Waals surface area (Å²) in [7, 11) is 0. The minimum atomic E-state index is -2.63. The summed E-state index contributed by atoms with van der Waals surface area (Å²) in [5.74, 6) is -0.732. The molecule has 2 aliphatic heterocycles. The second-order valence-corrected chi connectivity index (χ2v) is 9.31. The van der Waals surface area contributed by atoms with E-state index in [2.05, 4.69) is 10.6 Å². The summed E-state index contributed by atoms with van der Waals surface area (Å²) >= 11 is -2.63. The van der Waals surface area contributed by atoms with Crippen LogP contribution >= 0.6 is 0 Å². The molecule has 0 bridgehead atoms. The van der Waals surface area contributed by atoms with Crippen LogP contribution in [0.4, 0.5) is 9.18 Å². The molecule has 0 spiro atoms. The number of nitrogens with one attached hydrogen (secondary N) is 2. The van der Waals surface area contributed by atoms with E-state index >= 15 is 0 Å². The Morgan fingerprint density at radius 2 is 1.75 bits per heavy atom. The topological polar surface area (TPSA) is 102 Å². The highest BCUT2D eigenvalue weighted by Crippen LogP contribution is 2.34. The van der Waals surface area contributed by atoms with Gasteiger partial charge >= 0.3 is 6.03 Å². The van der Waals surface area contributed by atoms with Crippen LogP contribution in [0.25, 0.3) is 0 Å². The predicted octanol–water partition coefficient (Wildman–Crippen LogP) is 2.42. The average Bonchev–Trinajstić information content (AvgIpc) is 3.07. The molecule has 32 heavy (non-hydrogen) atoms. The molecule has 0 aromatic heterocycles. The lowest BCUT2D eigenvalue weighted by Gasteiger charge is -2.45. The van der Waals surface area contributed by atoms with Crippen LogP contribution in [-0.4, -0.2) is 49.6 Å². The van der Waals surface area contributed by atoms with E-state index in [1.54, 1.807) is 17.0 Å². The van der Waals surface area contributed by atoms with E-state index < -0.39 is 33.9 Å². The van der Waals surface area contributed by atoms with Gasteiger partial charge in [0.05, 0.1) is 0 Å². The number of carbonyl (C=O) groups excluding carboxylic acids is 2. The number of hydrogen-bond donors (Lipinski definition) is 2. The standard InChI is InChI=1S/C23H26FN3O4S/c24-19-8-6-17(7-9-19)18-11-14-27(15-12-18)21(32(30)31)23(20(28)25-22(29)26-23)13-10-16-4-2-1-3-5-16/h1-9,18,21H,10-15H2,(H,30,31)(H2,25,26,28,29)/p-1. The molecule has 4 rings (SSSR count). The van der Waals surface area contributed by atoms with Gasteiger partial charge in [-0.1, -0.05) is 42.5 Å². The SMILES string of the molecule is O=C1NC(=O)C(CCc2ccccc2)(C(N2CCC(c3ccc(F)cc3)CC2)S(=O)[O-])N1. The van der Waals surface area contributed by atoms with Crippen molar-refractivity contribution in [2.24, 2.45) is 0 Å². The van der Waals surface area contributed by atoms with Gasteiger partial charge in [-0.15, -0.1) is 0 Å². The molecule has 3 atom stereocenters. The smallest absolute Gasteiger partial charge is 0.322 e. The highest BCUT2D eigenvalue weighted by molar-refractivity contribution is 7.79. The number of benzene rings is 2. The van der Waals surface area contributed by atoms with Crippen LogP contribution in [-0.2, 0) is 22.3 Å². The fourth-order valence-electron chi connectivity index (χ4n) is 4.76. The Balaban J connectivity index is 1.54. The Kier molecular flexibility index (Phi) is 6.68. The number of imide groups is 1. The van der Waals surface area contributed by atoms with Crippen LogP contribution in [0.1, 0.15) is 36.3 Å². The first-order valence-corrected chi connectivity index (χ1v) is 11.8. The number of hydrogen-bond acceptors (Lipinski definition) is 5. The molecule has 0 saturated carbocycles. The van der Waals surface area contributed by atoms with E-state index in [4.69, 9.17) is 0 Å². The van der Waals surface area contributed by atoms with Crippen molar-refractivity contribution < 1.29 is 22.7 Å². The minimum absolute atomic E-state index is 0.158. The average molecular weight is 459 g/mol. The highest BCUT2D eigenvalue weighted by atomic mass is 32.2. The lowest BCUT2D eigenvalue weighted by atomic mass is 9.86. The Labute approximate surface area is 188 Å². The second-order valence-electron chi connectivity index (χ2n) is 8.34. The van der Waals surface area contributed by atoms with Crippen LogP contribution < -0.4 is 10.6 Å². The predicted molar refractivity (Wildman–Crippen MR) is 117 cm³/mol. The van der Waals surface area contributed by atoms with Gasteiger partial charge in [0, 0.05) is 0 Å². The number of urea groups is 1. The molecule has 9 heteroatoms. The Hall–Kier alpha value is -2.62. The molecule has 2 aromatic rings. The van der Waals surface area contributed by atoms with Crippen molar-refractivity contribution in [1.82, 2.24) is 15.5 Å². The highest BCUT2D eigenvalue weighted by Gasteiger charge is 2.54. The molecule has 2 aliphatic rings. The zero-order valence-electron chi connectivity index (χ0n) is 17.5. The summed E-state index contributed by atoms with van der Waals surface area (Å²) in [4.78, 5) is 26.7. The molecule has 7 nitrogen and oxygen atoms in total. The number of aryl methyl sites for hydroxylation is 1. The van der Waals surface area contributed by atoms with Gasteiger partial charge in [0.1, 0.15) is 16.7 Å². The van der Waals surface area contributed by atoms with Crippen molar-refractivity contribution in [3.8, 4) is 0 Å². The first-order chi connectivity index (χ1) is 15.4. The Bertz CT molecular complexity index is 996. The summed E-state index contributed by atoms with van der Waals surface area (Å²) in [6.45, 7) is 0.883. The number of likely N-dealkylation sites (tertiary alicyclic amines) is 1. The number of rotatable bonds is 7. The summed E-state index contributed by atoms with van der Waals surface area (Å²) in [5.41, 5.74) is 0.394. The molecule has 2 heterocycles. The molecular weight excluding hydrogens is 433 g/mol. The maximum absolute atomic E-state index is 13.2. The van der Waals surface area contributed by atoms with Crippen molar-refractivity contribution in [3.05, 3.63) is 71.5 Å². The molecular formula is C23H25FN3O4S-. The van der Waals surface area contributed by atoms with Gasteiger partial charge in [-0.2, -0.15) is 0 Å². The van der Waals surface area contributed by atoms with Crippen molar-refractivity contribution in [2.75, 3.05) is 13.1 Å². The fourth-order valence-corrected chi connectivity index (χ4v) is 5.83. The summed E-state index contributed by atoms with van der Waals surface area (Å²) in [6.07, 6.45) is 1.94. The van der Waals surface area contributed by atoms with E-state index in [0.29, 0.717) is 32.4 Å². The monoisotopic (exact) mass is 458 g/mol. The summed E-state index contributed by atoms with van der Waals surface area (Å²) < 4.78 is 38.1. The van der Waals surface area contributed by atoms with Gasteiger partial charge in [-0.05, 0) is 79.0 Å². The fraction of sp³-hybridized carbons (Fsp3) is 0.391. The van der Waals surface area contributed by atoms with Crippen LogP contribution in [0.15, 0.2) is 54.6 Å². The van der Waals surface area contributed by atoms with Gasteiger partial charge < -0.3 is 9.87 Å². The van der Waals surface area contributed by atoms with Gasteiger partial charge in [-0.3, -0.25) is 19.2 Å². The van der Waals surface area contributed by atoms with Crippen molar-refractivity contribution in [2.45, 2.75) is 42.5 Å². The van der Waals surface area contributed by atoms with E-state index in [9.17, 15) is 22.7 Å². The van der Waals surface area contributed by atoms with Crippen molar-refractivity contribution in [3.63, 3.8) is 0 Å². The van der Waals surface area contributed by atoms with Gasteiger partial charge in [0.15, 0.2) is 0 Å². The van der Waals surface area contributed by atoms with E-state index in [1.807, 2.05) is 30.3 Å². The summed E-state index contributed by atoms with van der Waals surface area (Å²) in [6, 6.07) is 15.1. The second kappa shape index (κ2) is 9.48. The third-order valence-electron chi connectivity index (χ3n) is 6.43. The van der Waals surface area contributed by atoms with Gasteiger partial charge in [0.25, 0.3) is 5.91 Å². The maximum Gasteiger partial charge on any atom is 0.322 e. The number of piperidine rings is 1. The molecule has 2 fully saturated rings.